The van der Waals surface area contributed by atoms with Gasteiger partial charge in [-0.2, -0.15) is 4.76 Å². The molecule has 1 saturated carbocycles. The van der Waals surface area contributed by atoms with Crippen LogP contribution in [-0.2, 0) is 31.1 Å². The van der Waals surface area contributed by atoms with Gasteiger partial charge in [-0.25, -0.2) is 8.42 Å². The van der Waals surface area contributed by atoms with Crippen molar-refractivity contribution in [3.05, 3.63) is 29.5 Å². The minimum atomic E-state index is -3.90. The van der Waals surface area contributed by atoms with Crippen LogP contribution < -0.4 is 15.3 Å². The van der Waals surface area contributed by atoms with Gasteiger partial charge in [0.25, 0.3) is 0 Å². The van der Waals surface area contributed by atoms with E-state index in [1.807, 2.05) is 20.8 Å². The van der Waals surface area contributed by atoms with E-state index in [0.717, 1.165) is 25.5 Å². The van der Waals surface area contributed by atoms with Crippen LogP contribution in [0.15, 0.2) is 23.0 Å². The lowest BCUT2D eigenvalue weighted by Crippen LogP contribution is -2.26. The van der Waals surface area contributed by atoms with E-state index < -0.39 is 23.0 Å². The summed E-state index contributed by atoms with van der Waals surface area (Å²) in [6, 6.07) is 4.57. The molecule has 38 heavy (non-hydrogen) atoms. The molecule has 0 saturated heterocycles. The van der Waals surface area contributed by atoms with Crippen molar-refractivity contribution in [3.63, 3.8) is 0 Å². The van der Waals surface area contributed by atoms with Gasteiger partial charge in [-0.15, -0.1) is 0 Å². The van der Waals surface area contributed by atoms with Gasteiger partial charge in [0.15, 0.2) is 11.6 Å². The molecule has 0 spiro atoms. The van der Waals surface area contributed by atoms with E-state index in [1.54, 1.807) is 10.6 Å². The largest absolute Gasteiger partial charge is 0.505 e. The van der Waals surface area contributed by atoms with Crippen LogP contribution in [0.1, 0.15) is 72.1 Å². The smallest absolute Gasteiger partial charge is 0.348 e. The molecular formula is C26H39N4O6PS. The van der Waals surface area contributed by atoms with Crippen LogP contribution in [-0.4, -0.2) is 41.9 Å². The number of hydrogen-bond acceptors (Lipinski definition) is 7. The number of amidine groups is 1. The van der Waals surface area contributed by atoms with Crippen LogP contribution >= 0.6 is 7.52 Å². The Morgan fingerprint density at radius 1 is 1.18 bits per heavy atom. The van der Waals surface area contributed by atoms with E-state index in [1.165, 1.54) is 12.1 Å². The molecule has 1 aliphatic carbocycles. The Balaban J connectivity index is 1.84. The zero-order valence-corrected chi connectivity index (χ0v) is 24.8. The predicted octanol–water partition coefficient (Wildman–Crippen LogP) is 5.12. The molecule has 1 unspecified atom stereocenters. The zero-order valence-electron chi connectivity index (χ0n) is 23.1. The second kappa shape index (κ2) is 9.61. The molecule has 4 rings (SSSR count). The molecule has 2 aliphatic rings. The third-order valence-corrected chi connectivity index (χ3v) is 9.06. The highest BCUT2D eigenvalue weighted by molar-refractivity contribution is 7.92. The van der Waals surface area contributed by atoms with Crippen molar-refractivity contribution in [3.8, 4) is 11.6 Å². The van der Waals surface area contributed by atoms with Crippen molar-refractivity contribution < 1.29 is 27.7 Å². The standard InChI is InChI=1S/C26H39N4O6PS/c1-25(2,3)12-13-30-22(26(4,5)6)21(31)20(24(30)32)23-27-18-11-10-17(29-38(7,34)35)14-19(18)37(33,28-23)36-15-16-8-9-16/h10-11,14,16,29,31-32H,8-9,12-13,15H2,1-7H3,(H,27,28,33). The maximum absolute atomic E-state index is 14.3. The SMILES string of the molecule is CC(C)(C)CCn1c(O)c(C2=NP(=O)(OCC3CC3)c3cc(NS(C)(=O)=O)ccc3N2)c(O)c1C(C)(C)C. The first-order valence-electron chi connectivity index (χ1n) is 12.8. The Kier molecular flexibility index (Phi) is 7.21. The lowest BCUT2D eigenvalue weighted by atomic mass is 9.89. The molecule has 12 heteroatoms. The summed E-state index contributed by atoms with van der Waals surface area (Å²) in [7, 11) is -7.46. The van der Waals surface area contributed by atoms with E-state index in [2.05, 4.69) is 35.6 Å². The van der Waals surface area contributed by atoms with Crippen molar-refractivity contribution in [1.82, 2.24) is 4.57 Å². The first-order valence-corrected chi connectivity index (χ1v) is 16.2. The summed E-state index contributed by atoms with van der Waals surface area (Å²) in [5, 5.41) is 26.1. The monoisotopic (exact) mass is 566 g/mol. The Bertz CT molecular complexity index is 1430. The number of hydrogen-bond donors (Lipinski definition) is 4. The molecule has 10 nitrogen and oxygen atoms in total. The van der Waals surface area contributed by atoms with Gasteiger partial charge >= 0.3 is 7.52 Å². The van der Waals surface area contributed by atoms with Crippen LogP contribution in [0.25, 0.3) is 0 Å². The molecule has 2 aromatic rings. The Morgan fingerprint density at radius 3 is 2.39 bits per heavy atom. The average Bonchev–Trinajstić information content (AvgIpc) is 3.53. The minimum Gasteiger partial charge on any atom is -0.505 e. The third-order valence-electron chi connectivity index (χ3n) is 6.52. The number of benzene rings is 1. The fourth-order valence-electron chi connectivity index (χ4n) is 4.42. The Hall–Kier alpha value is -2.49. The highest BCUT2D eigenvalue weighted by atomic mass is 32.2. The lowest BCUT2D eigenvalue weighted by Gasteiger charge is -2.25. The number of fused-ring (bicyclic) bond motifs is 1. The molecule has 1 atom stereocenters. The molecule has 0 radical (unpaired) electrons. The first kappa shape index (κ1) is 28.5. The molecule has 1 fully saturated rings. The average molecular weight is 567 g/mol. The predicted molar refractivity (Wildman–Crippen MR) is 152 cm³/mol. The van der Waals surface area contributed by atoms with Gasteiger partial charge in [-0.3, -0.25) is 9.29 Å². The van der Waals surface area contributed by atoms with Gasteiger partial charge in [0.2, 0.25) is 15.9 Å². The van der Waals surface area contributed by atoms with Crippen LogP contribution in [0.3, 0.4) is 0 Å². The quantitative estimate of drug-likeness (QED) is 0.325. The van der Waals surface area contributed by atoms with Crippen LogP contribution in [0.5, 0.6) is 11.6 Å². The second-order valence-electron chi connectivity index (χ2n) is 12.5. The van der Waals surface area contributed by atoms with E-state index in [9.17, 15) is 23.2 Å². The fraction of sp³-hybridized carbons (Fsp3) is 0.577. The van der Waals surface area contributed by atoms with Crippen molar-refractivity contribution in [1.29, 1.82) is 0 Å². The molecule has 2 heterocycles. The number of sulfonamides is 1. The van der Waals surface area contributed by atoms with Crippen LogP contribution in [0.2, 0.25) is 0 Å². The number of nitrogens with one attached hydrogen (secondary N) is 2. The maximum Gasteiger partial charge on any atom is 0.348 e. The van der Waals surface area contributed by atoms with Gasteiger partial charge < -0.3 is 24.6 Å². The number of aromatic nitrogens is 1. The summed E-state index contributed by atoms with van der Waals surface area (Å²) in [4.78, 5) is 0. The lowest BCUT2D eigenvalue weighted by molar-refractivity contribution is 0.304. The van der Waals surface area contributed by atoms with Crippen molar-refractivity contribution in [2.45, 2.75) is 72.8 Å². The zero-order chi connectivity index (χ0) is 28.3. The van der Waals surface area contributed by atoms with Gasteiger partial charge in [-0.1, -0.05) is 41.5 Å². The van der Waals surface area contributed by atoms with Crippen LogP contribution in [0.4, 0.5) is 11.4 Å². The molecule has 1 aliphatic heterocycles. The summed E-state index contributed by atoms with van der Waals surface area (Å²) < 4.78 is 52.3. The third kappa shape index (κ3) is 6.21. The van der Waals surface area contributed by atoms with Crippen LogP contribution in [0, 0.1) is 11.3 Å². The number of anilines is 2. The summed E-state index contributed by atoms with van der Waals surface area (Å²) in [5.74, 6) is 0.0246. The molecule has 210 valence electrons. The van der Waals surface area contributed by atoms with Gasteiger partial charge in [0, 0.05) is 17.6 Å². The summed E-state index contributed by atoms with van der Waals surface area (Å²) in [6.07, 6.45) is 3.74. The highest BCUT2D eigenvalue weighted by Gasteiger charge is 2.40. The van der Waals surface area contributed by atoms with E-state index in [-0.39, 0.29) is 46.0 Å². The maximum atomic E-state index is 14.3. The molecule has 1 aromatic carbocycles. The Labute approximate surface area is 225 Å². The van der Waals surface area contributed by atoms with Crippen molar-refractivity contribution >= 4 is 40.1 Å². The van der Waals surface area contributed by atoms with Gasteiger partial charge in [0.05, 0.1) is 29.5 Å². The molecule has 0 bridgehead atoms. The topological polar surface area (TPSA) is 142 Å². The van der Waals surface area contributed by atoms with E-state index in [4.69, 9.17) is 4.52 Å². The number of nitrogens with zero attached hydrogens (tertiary/aromatic N) is 2. The first-order chi connectivity index (χ1) is 17.4. The molecular weight excluding hydrogens is 527 g/mol. The molecule has 4 N–H and O–H groups in total. The summed E-state index contributed by atoms with van der Waals surface area (Å²) >= 11 is 0. The molecule has 0 amide bonds. The molecule has 1 aromatic heterocycles. The van der Waals surface area contributed by atoms with Gasteiger partial charge in [-0.05, 0) is 48.8 Å². The fourth-order valence-corrected chi connectivity index (χ4v) is 6.85. The van der Waals surface area contributed by atoms with E-state index in [0.29, 0.717) is 23.8 Å². The minimum absolute atomic E-state index is 0.00867. The van der Waals surface area contributed by atoms with Crippen molar-refractivity contribution in [2.24, 2.45) is 16.1 Å². The Morgan fingerprint density at radius 2 is 1.84 bits per heavy atom. The summed E-state index contributed by atoms with van der Waals surface area (Å²) in [6.45, 7) is 12.9. The second-order valence-corrected chi connectivity index (χ2v) is 16.3. The summed E-state index contributed by atoms with van der Waals surface area (Å²) in [5.41, 5.74) is 0.714. The number of aromatic hydroxyl groups is 2. The number of rotatable bonds is 8. The highest BCUT2D eigenvalue weighted by Crippen LogP contribution is 2.55. The normalized spacial score (nSPS) is 20.0. The van der Waals surface area contributed by atoms with E-state index >= 15 is 0 Å². The van der Waals surface area contributed by atoms with Gasteiger partial charge in [0.1, 0.15) is 5.56 Å². The van der Waals surface area contributed by atoms with Crippen molar-refractivity contribution in [2.75, 3.05) is 22.9 Å².